The number of hydrogen-bond donors (Lipinski definition) is 1. The number of allylic oxidation sites excluding steroid dienone is 1. The second-order valence-electron chi connectivity index (χ2n) is 4.43. The number of hydrogen-bond acceptors (Lipinski definition) is 6. The van der Waals surface area contributed by atoms with E-state index in [-0.39, 0.29) is 19.0 Å². The van der Waals surface area contributed by atoms with Crippen molar-refractivity contribution in [2.24, 2.45) is 0 Å². The Bertz CT molecular complexity index is 548. The van der Waals surface area contributed by atoms with Crippen LogP contribution in [0.2, 0.25) is 0 Å². The van der Waals surface area contributed by atoms with Crippen molar-refractivity contribution in [3.8, 4) is 5.75 Å². The first-order valence-electron chi connectivity index (χ1n) is 7.46. The fourth-order valence-corrected chi connectivity index (χ4v) is 1.30. The Kier molecular flexibility index (Phi) is 11.5. The zero-order valence-corrected chi connectivity index (χ0v) is 14.3. The van der Waals surface area contributed by atoms with E-state index in [9.17, 15) is 9.59 Å². The Balaban J connectivity index is 0.000000506. The molecule has 0 spiro atoms. The highest BCUT2D eigenvalue weighted by Gasteiger charge is 2.11. The van der Waals surface area contributed by atoms with Crippen molar-refractivity contribution in [1.82, 2.24) is 0 Å². The van der Waals surface area contributed by atoms with Gasteiger partial charge < -0.3 is 19.3 Å². The minimum absolute atomic E-state index is 0.0473. The quantitative estimate of drug-likeness (QED) is 0.468. The molecule has 1 N–H and O–H groups in total. The maximum atomic E-state index is 11.4. The Morgan fingerprint density at radius 2 is 1.79 bits per heavy atom. The van der Waals surface area contributed by atoms with Gasteiger partial charge in [0.25, 0.3) is 0 Å². The third-order valence-corrected chi connectivity index (χ3v) is 2.38. The largest absolute Gasteiger partial charge is 0.460 e. The molecule has 1 rings (SSSR count). The highest BCUT2D eigenvalue weighted by atomic mass is 16.6. The summed E-state index contributed by atoms with van der Waals surface area (Å²) in [5, 5.41) is 8.19. The molecule has 1 aromatic carbocycles. The highest BCUT2D eigenvalue weighted by molar-refractivity contribution is 5.87. The van der Waals surface area contributed by atoms with Crippen LogP contribution in [0.4, 0.5) is 0 Å². The van der Waals surface area contributed by atoms with Gasteiger partial charge in [-0.05, 0) is 39.0 Å². The molecule has 0 aliphatic carbocycles. The first kappa shape index (κ1) is 21.4. The standard InChI is InChI=1S/C12H14O3.C6H10O3/c1-3-11(12(13)14-4-2)15-10-8-6-5-7-9-10;1-5(2)6(8)9-4-3-7/h3,5-9H,4H2,1-2H3;7H,1,3-4H2,2H3. The summed E-state index contributed by atoms with van der Waals surface area (Å²) in [6.07, 6.45) is 1.59. The summed E-state index contributed by atoms with van der Waals surface area (Å²) in [4.78, 5) is 21.8. The number of benzene rings is 1. The van der Waals surface area contributed by atoms with E-state index in [1.165, 1.54) is 0 Å². The number of ether oxygens (including phenoxy) is 3. The number of para-hydroxylation sites is 1. The lowest BCUT2D eigenvalue weighted by atomic mass is 10.3. The molecule has 0 saturated carbocycles. The van der Waals surface area contributed by atoms with Gasteiger partial charge in [0.15, 0.2) is 0 Å². The molecule has 0 radical (unpaired) electrons. The van der Waals surface area contributed by atoms with Gasteiger partial charge in [-0.25, -0.2) is 9.59 Å². The predicted octanol–water partition coefficient (Wildman–Crippen LogP) is 2.63. The van der Waals surface area contributed by atoms with Gasteiger partial charge in [0, 0.05) is 5.57 Å². The van der Waals surface area contributed by atoms with Gasteiger partial charge in [-0.1, -0.05) is 24.8 Å². The second-order valence-corrected chi connectivity index (χ2v) is 4.43. The van der Waals surface area contributed by atoms with Crippen molar-refractivity contribution in [2.45, 2.75) is 20.8 Å². The van der Waals surface area contributed by atoms with Crippen molar-refractivity contribution < 1.29 is 28.9 Å². The molecule has 0 amide bonds. The maximum Gasteiger partial charge on any atom is 0.373 e. The van der Waals surface area contributed by atoms with E-state index in [0.717, 1.165) is 0 Å². The van der Waals surface area contributed by atoms with Crippen LogP contribution in [0.25, 0.3) is 0 Å². The molecule has 0 aromatic heterocycles. The number of carbonyl (C=O) groups is 2. The Morgan fingerprint density at radius 3 is 2.25 bits per heavy atom. The molecule has 0 fully saturated rings. The van der Waals surface area contributed by atoms with Crippen LogP contribution in [-0.4, -0.2) is 36.9 Å². The molecule has 0 saturated heterocycles. The van der Waals surface area contributed by atoms with E-state index in [1.54, 1.807) is 39.0 Å². The summed E-state index contributed by atoms with van der Waals surface area (Å²) >= 11 is 0. The molecular weight excluding hydrogens is 312 g/mol. The number of aliphatic hydroxyl groups is 1. The fraction of sp³-hybridized carbons (Fsp3) is 0.333. The molecule has 0 bridgehead atoms. The van der Waals surface area contributed by atoms with E-state index in [2.05, 4.69) is 11.3 Å². The normalized spacial score (nSPS) is 10.1. The van der Waals surface area contributed by atoms with Gasteiger partial charge >= 0.3 is 11.9 Å². The van der Waals surface area contributed by atoms with E-state index in [4.69, 9.17) is 14.6 Å². The third kappa shape index (κ3) is 9.42. The van der Waals surface area contributed by atoms with Crippen LogP contribution < -0.4 is 4.74 Å². The van der Waals surface area contributed by atoms with Gasteiger partial charge in [0.1, 0.15) is 12.4 Å². The van der Waals surface area contributed by atoms with Crippen molar-refractivity contribution in [3.05, 3.63) is 54.3 Å². The van der Waals surface area contributed by atoms with Gasteiger partial charge in [0.2, 0.25) is 5.76 Å². The Hall–Kier alpha value is -2.60. The summed E-state index contributed by atoms with van der Waals surface area (Å²) in [7, 11) is 0. The van der Waals surface area contributed by atoms with Crippen LogP contribution in [0.5, 0.6) is 5.75 Å². The molecule has 0 unspecified atom stereocenters. The van der Waals surface area contributed by atoms with Crippen molar-refractivity contribution >= 4 is 11.9 Å². The van der Waals surface area contributed by atoms with Gasteiger partial charge in [-0.3, -0.25) is 0 Å². The molecule has 0 atom stereocenters. The van der Waals surface area contributed by atoms with Crippen LogP contribution >= 0.6 is 0 Å². The summed E-state index contributed by atoms with van der Waals surface area (Å²) in [5.74, 6) is -0.0605. The van der Waals surface area contributed by atoms with Crippen LogP contribution in [-0.2, 0) is 19.1 Å². The van der Waals surface area contributed by atoms with Crippen molar-refractivity contribution in [3.63, 3.8) is 0 Å². The maximum absolute atomic E-state index is 11.4. The van der Waals surface area contributed by atoms with Crippen LogP contribution in [0.3, 0.4) is 0 Å². The molecule has 132 valence electrons. The zero-order valence-electron chi connectivity index (χ0n) is 14.3. The van der Waals surface area contributed by atoms with Crippen LogP contribution in [0, 0.1) is 0 Å². The van der Waals surface area contributed by atoms with Gasteiger partial charge in [0.05, 0.1) is 13.2 Å². The summed E-state index contributed by atoms with van der Waals surface area (Å²) in [6.45, 7) is 8.65. The van der Waals surface area contributed by atoms with Gasteiger partial charge in [-0.15, -0.1) is 0 Å². The van der Waals surface area contributed by atoms with Crippen molar-refractivity contribution in [1.29, 1.82) is 0 Å². The van der Waals surface area contributed by atoms with E-state index < -0.39 is 11.9 Å². The summed E-state index contributed by atoms with van der Waals surface area (Å²) in [5.41, 5.74) is 0.350. The first-order chi connectivity index (χ1) is 11.5. The van der Waals surface area contributed by atoms with E-state index in [1.807, 2.05) is 18.2 Å². The Labute approximate surface area is 142 Å². The Morgan fingerprint density at radius 1 is 1.17 bits per heavy atom. The van der Waals surface area contributed by atoms with Crippen molar-refractivity contribution in [2.75, 3.05) is 19.8 Å². The number of rotatable bonds is 7. The van der Waals surface area contributed by atoms with Crippen LogP contribution in [0.15, 0.2) is 54.3 Å². The minimum Gasteiger partial charge on any atom is -0.460 e. The predicted molar refractivity (Wildman–Crippen MR) is 90.3 cm³/mol. The number of aliphatic hydroxyl groups excluding tert-OH is 1. The lowest BCUT2D eigenvalue weighted by Crippen LogP contribution is -2.12. The molecule has 0 heterocycles. The molecule has 6 heteroatoms. The summed E-state index contributed by atoms with van der Waals surface area (Å²) < 4.78 is 14.7. The lowest BCUT2D eigenvalue weighted by molar-refractivity contribution is -0.141. The lowest BCUT2D eigenvalue weighted by Gasteiger charge is -2.08. The average molecular weight is 336 g/mol. The highest BCUT2D eigenvalue weighted by Crippen LogP contribution is 2.13. The summed E-state index contributed by atoms with van der Waals surface area (Å²) in [6, 6.07) is 9.12. The first-order valence-corrected chi connectivity index (χ1v) is 7.46. The monoisotopic (exact) mass is 336 g/mol. The average Bonchev–Trinajstić information content (AvgIpc) is 2.59. The number of carbonyl (C=O) groups excluding carboxylic acids is 2. The molecule has 24 heavy (non-hydrogen) atoms. The molecule has 0 aliphatic heterocycles. The molecule has 1 aromatic rings. The zero-order chi connectivity index (χ0) is 18.4. The smallest absolute Gasteiger partial charge is 0.373 e. The topological polar surface area (TPSA) is 82.1 Å². The fourth-order valence-electron chi connectivity index (χ4n) is 1.30. The third-order valence-electron chi connectivity index (χ3n) is 2.38. The molecule has 0 aliphatic rings. The molecular formula is C18H24O6. The minimum atomic E-state index is -0.455. The molecule has 6 nitrogen and oxygen atoms in total. The van der Waals surface area contributed by atoms with Gasteiger partial charge in [-0.2, -0.15) is 0 Å². The number of esters is 2. The SMILES string of the molecule is C=C(C)C(=O)OCCO.CC=C(Oc1ccccc1)C(=O)OCC. The van der Waals surface area contributed by atoms with E-state index in [0.29, 0.717) is 17.9 Å². The second kappa shape index (κ2) is 12.9. The van der Waals surface area contributed by atoms with E-state index >= 15 is 0 Å². The van der Waals surface area contributed by atoms with Crippen LogP contribution in [0.1, 0.15) is 20.8 Å².